The second-order valence-corrected chi connectivity index (χ2v) is 4.77. The van der Waals surface area contributed by atoms with Crippen molar-refractivity contribution < 1.29 is 19.5 Å². The predicted molar refractivity (Wildman–Crippen MR) is 58.1 cm³/mol. The molecule has 0 radical (unpaired) electrons. The Bertz CT molecular complexity index is 358. The van der Waals surface area contributed by atoms with Gasteiger partial charge in [0.05, 0.1) is 6.54 Å². The summed E-state index contributed by atoms with van der Waals surface area (Å²) < 4.78 is 0. The Morgan fingerprint density at radius 1 is 1.24 bits per heavy atom. The van der Waals surface area contributed by atoms with Crippen LogP contribution >= 0.6 is 0 Å². The zero-order valence-corrected chi connectivity index (χ0v) is 9.49. The minimum atomic E-state index is -1.29. The fourth-order valence-electron chi connectivity index (χ4n) is 1.90. The lowest BCUT2D eigenvalue weighted by atomic mass is 9.68. The SMILES string of the molecule is O=C(CNC(=O)C1(C(=O)O)CCC1)NC1CC1. The van der Waals surface area contributed by atoms with Crippen LogP contribution in [0.1, 0.15) is 32.1 Å². The van der Waals surface area contributed by atoms with Gasteiger partial charge in [0.1, 0.15) is 5.41 Å². The molecule has 0 atom stereocenters. The largest absolute Gasteiger partial charge is 0.480 e. The van der Waals surface area contributed by atoms with Crippen LogP contribution in [0.4, 0.5) is 0 Å². The zero-order valence-electron chi connectivity index (χ0n) is 9.49. The molecule has 0 aromatic carbocycles. The molecule has 0 heterocycles. The normalized spacial score (nSPS) is 21.2. The third kappa shape index (κ3) is 2.40. The Balaban J connectivity index is 1.79. The van der Waals surface area contributed by atoms with E-state index in [1.54, 1.807) is 0 Å². The standard InChI is InChI=1S/C11H16N2O4/c14-8(13-7-2-3-7)6-12-9(15)11(10(16)17)4-1-5-11/h7H,1-6H2,(H,12,15)(H,13,14)(H,16,17). The lowest BCUT2D eigenvalue weighted by Gasteiger charge is -2.35. The molecule has 2 aliphatic carbocycles. The van der Waals surface area contributed by atoms with Crippen LogP contribution in [0.25, 0.3) is 0 Å². The maximum absolute atomic E-state index is 11.7. The van der Waals surface area contributed by atoms with Crippen LogP contribution in [0.2, 0.25) is 0 Å². The summed E-state index contributed by atoms with van der Waals surface area (Å²) >= 11 is 0. The Morgan fingerprint density at radius 2 is 1.88 bits per heavy atom. The lowest BCUT2D eigenvalue weighted by Crippen LogP contribution is -2.52. The van der Waals surface area contributed by atoms with E-state index in [0.29, 0.717) is 12.8 Å². The summed E-state index contributed by atoms with van der Waals surface area (Å²) in [4.78, 5) is 34.1. The van der Waals surface area contributed by atoms with E-state index in [1.165, 1.54) is 0 Å². The van der Waals surface area contributed by atoms with Crippen LogP contribution in [0.15, 0.2) is 0 Å². The van der Waals surface area contributed by atoms with Crippen molar-refractivity contribution in [1.82, 2.24) is 10.6 Å². The van der Waals surface area contributed by atoms with Gasteiger partial charge in [0.15, 0.2) is 0 Å². The molecule has 0 aromatic heterocycles. The lowest BCUT2D eigenvalue weighted by molar-refractivity contribution is -0.162. The Morgan fingerprint density at radius 3 is 2.29 bits per heavy atom. The second-order valence-electron chi connectivity index (χ2n) is 4.77. The molecule has 0 spiro atoms. The van der Waals surface area contributed by atoms with Crippen LogP contribution < -0.4 is 10.6 Å². The summed E-state index contributed by atoms with van der Waals surface area (Å²) in [6.45, 7) is -0.135. The Hall–Kier alpha value is -1.59. The van der Waals surface area contributed by atoms with Gasteiger partial charge in [0, 0.05) is 6.04 Å². The molecule has 2 amide bonds. The van der Waals surface area contributed by atoms with E-state index in [2.05, 4.69) is 10.6 Å². The van der Waals surface area contributed by atoms with E-state index >= 15 is 0 Å². The van der Waals surface area contributed by atoms with Gasteiger partial charge < -0.3 is 15.7 Å². The molecule has 0 aromatic rings. The molecule has 6 nitrogen and oxygen atoms in total. The summed E-state index contributed by atoms with van der Waals surface area (Å²) in [7, 11) is 0. The molecule has 0 aliphatic heterocycles. The molecular formula is C11H16N2O4. The number of nitrogens with one attached hydrogen (secondary N) is 2. The highest BCUT2D eigenvalue weighted by molar-refractivity contribution is 6.03. The molecule has 0 saturated heterocycles. The molecule has 0 unspecified atom stereocenters. The summed E-state index contributed by atoms with van der Waals surface area (Å²) in [5.74, 6) is -1.88. The van der Waals surface area contributed by atoms with Crippen molar-refractivity contribution in [1.29, 1.82) is 0 Å². The van der Waals surface area contributed by atoms with Crippen molar-refractivity contribution in [2.24, 2.45) is 5.41 Å². The van der Waals surface area contributed by atoms with Crippen molar-refractivity contribution >= 4 is 17.8 Å². The number of carboxylic acids is 1. The first-order chi connectivity index (χ1) is 8.04. The van der Waals surface area contributed by atoms with Gasteiger partial charge in [-0.25, -0.2) is 0 Å². The second kappa shape index (κ2) is 4.35. The highest BCUT2D eigenvalue weighted by Gasteiger charge is 2.51. The van der Waals surface area contributed by atoms with Crippen molar-refractivity contribution in [3.05, 3.63) is 0 Å². The fourth-order valence-corrected chi connectivity index (χ4v) is 1.90. The molecule has 94 valence electrons. The maximum atomic E-state index is 11.7. The number of aliphatic carboxylic acids is 1. The number of rotatable bonds is 5. The predicted octanol–water partition coefficient (Wildman–Crippen LogP) is -0.364. The van der Waals surface area contributed by atoms with Gasteiger partial charge in [0.25, 0.3) is 0 Å². The van der Waals surface area contributed by atoms with Crippen LogP contribution in [0, 0.1) is 5.41 Å². The third-order valence-corrected chi connectivity index (χ3v) is 3.40. The Labute approximate surface area is 98.8 Å². The van der Waals surface area contributed by atoms with Gasteiger partial charge in [-0.2, -0.15) is 0 Å². The van der Waals surface area contributed by atoms with E-state index < -0.39 is 17.3 Å². The summed E-state index contributed by atoms with van der Waals surface area (Å²) in [5, 5.41) is 14.1. The first-order valence-electron chi connectivity index (χ1n) is 5.86. The topological polar surface area (TPSA) is 95.5 Å². The minimum Gasteiger partial charge on any atom is -0.480 e. The van der Waals surface area contributed by atoms with Gasteiger partial charge in [-0.05, 0) is 25.7 Å². The monoisotopic (exact) mass is 240 g/mol. The van der Waals surface area contributed by atoms with Crippen molar-refractivity contribution in [2.75, 3.05) is 6.54 Å². The number of hydrogen-bond donors (Lipinski definition) is 3. The van der Waals surface area contributed by atoms with Gasteiger partial charge in [-0.3, -0.25) is 14.4 Å². The van der Waals surface area contributed by atoms with Gasteiger partial charge in [0.2, 0.25) is 11.8 Å². The average molecular weight is 240 g/mol. The van der Waals surface area contributed by atoms with Crippen molar-refractivity contribution in [2.45, 2.75) is 38.1 Å². The minimum absolute atomic E-state index is 0.135. The fraction of sp³-hybridized carbons (Fsp3) is 0.727. The van der Waals surface area contributed by atoms with Gasteiger partial charge >= 0.3 is 5.97 Å². The number of carboxylic acid groups (broad SMARTS) is 1. The highest BCUT2D eigenvalue weighted by atomic mass is 16.4. The van der Waals surface area contributed by atoms with Crippen LogP contribution in [0.3, 0.4) is 0 Å². The van der Waals surface area contributed by atoms with E-state index in [0.717, 1.165) is 19.3 Å². The molecule has 2 saturated carbocycles. The first-order valence-corrected chi connectivity index (χ1v) is 5.86. The third-order valence-electron chi connectivity index (χ3n) is 3.40. The van der Waals surface area contributed by atoms with E-state index in [9.17, 15) is 14.4 Å². The van der Waals surface area contributed by atoms with Crippen molar-refractivity contribution in [3.63, 3.8) is 0 Å². The Kier molecular flexibility index (Phi) is 3.04. The van der Waals surface area contributed by atoms with Gasteiger partial charge in [-0.1, -0.05) is 6.42 Å². The number of carbonyl (C=O) groups is 3. The quantitative estimate of drug-likeness (QED) is 0.572. The smallest absolute Gasteiger partial charge is 0.319 e. The number of hydrogen-bond acceptors (Lipinski definition) is 3. The molecular weight excluding hydrogens is 224 g/mol. The average Bonchev–Trinajstić information content (AvgIpc) is 2.96. The highest BCUT2D eigenvalue weighted by Crippen LogP contribution is 2.41. The zero-order chi connectivity index (χ0) is 12.5. The van der Waals surface area contributed by atoms with Crippen LogP contribution in [0.5, 0.6) is 0 Å². The molecule has 0 bridgehead atoms. The maximum Gasteiger partial charge on any atom is 0.319 e. The first kappa shape index (κ1) is 11.9. The van der Waals surface area contributed by atoms with E-state index in [4.69, 9.17) is 5.11 Å². The van der Waals surface area contributed by atoms with E-state index in [-0.39, 0.29) is 18.5 Å². The molecule has 3 N–H and O–H groups in total. The summed E-state index contributed by atoms with van der Waals surface area (Å²) in [5.41, 5.74) is -1.29. The summed E-state index contributed by atoms with van der Waals surface area (Å²) in [6, 6.07) is 0.247. The number of carbonyl (C=O) groups excluding carboxylic acids is 2. The van der Waals surface area contributed by atoms with Crippen LogP contribution in [-0.2, 0) is 14.4 Å². The molecule has 2 aliphatic rings. The molecule has 17 heavy (non-hydrogen) atoms. The molecule has 2 fully saturated rings. The van der Waals surface area contributed by atoms with Gasteiger partial charge in [-0.15, -0.1) is 0 Å². The number of amides is 2. The van der Waals surface area contributed by atoms with Crippen molar-refractivity contribution in [3.8, 4) is 0 Å². The molecule has 6 heteroatoms. The molecule has 2 rings (SSSR count). The van der Waals surface area contributed by atoms with E-state index in [1.807, 2.05) is 0 Å². The summed E-state index contributed by atoms with van der Waals surface area (Å²) in [6.07, 6.45) is 3.43. The van der Waals surface area contributed by atoms with Crippen LogP contribution in [-0.4, -0.2) is 35.5 Å².